The molecule has 0 saturated carbocycles. The number of aryl methyl sites for hydroxylation is 1. The van der Waals surface area contributed by atoms with Crippen LogP contribution < -0.4 is 5.32 Å². The number of fused-ring (bicyclic) bond motifs is 5. The van der Waals surface area contributed by atoms with Gasteiger partial charge in [-0.25, -0.2) is 0 Å². The molecule has 0 aliphatic heterocycles. The van der Waals surface area contributed by atoms with Crippen LogP contribution in [-0.4, -0.2) is 52.8 Å². The van der Waals surface area contributed by atoms with Gasteiger partial charge in [0.15, 0.2) is 0 Å². The highest BCUT2D eigenvalue weighted by Gasteiger charge is 2.22. The molecule has 0 aliphatic carbocycles. The van der Waals surface area contributed by atoms with Gasteiger partial charge in [0, 0.05) is 44.8 Å². The van der Waals surface area contributed by atoms with E-state index in [-0.39, 0.29) is 13.2 Å². The Balaban J connectivity index is 0.000000461. The maximum absolute atomic E-state index is 9.44. The number of aromatic nitrogens is 1. The number of rotatable bonds is 5. The molecule has 4 N–H and O–H groups in total. The van der Waals surface area contributed by atoms with E-state index in [9.17, 15) is 18.6 Å². The fourth-order valence-electron chi connectivity index (χ4n) is 3.39. The summed E-state index contributed by atoms with van der Waals surface area (Å²) in [5.41, 5.74) is 1.84. The van der Waals surface area contributed by atoms with Crippen molar-refractivity contribution in [3.63, 3.8) is 0 Å². The lowest BCUT2D eigenvalue weighted by atomic mass is 10.1. The smallest absolute Gasteiger partial charge is 0.261 e. The third-order valence-corrected chi connectivity index (χ3v) is 6.10. The van der Waals surface area contributed by atoms with Gasteiger partial charge < -0.3 is 20.1 Å². The number of nitrogens with zero attached hydrogens (tertiary/aromatic N) is 1. The summed E-state index contributed by atoms with van der Waals surface area (Å²) >= 11 is 1.75. The van der Waals surface area contributed by atoms with Crippen LogP contribution in [0.3, 0.4) is 0 Å². The summed E-state index contributed by atoms with van der Waals surface area (Å²) < 4.78 is 29.4. The van der Waals surface area contributed by atoms with Gasteiger partial charge in [-0.1, -0.05) is 24.3 Å². The van der Waals surface area contributed by atoms with Crippen LogP contribution in [0.25, 0.3) is 31.9 Å². The van der Waals surface area contributed by atoms with Crippen LogP contribution in [0.15, 0.2) is 42.5 Å². The van der Waals surface area contributed by atoms with Gasteiger partial charge >= 0.3 is 0 Å². The van der Waals surface area contributed by atoms with Gasteiger partial charge in [0.2, 0.25) is 0 Å². The summed E-state index contributed by atoms with van der Waals surface area (Å²) in [5, 5.41) is 26.0. The van der Waals surface area contributed by atoms with E-state index in [1.165, 1.54) is 36.8 Å². The monoisotopic (exact) mass is 450 g/mol. The maximum atomic E-state index is 9.44. The van der Waals surface area contributed by atoms with Crippen LogP contribution in [0.5, 0.6) is 0 Å². The van der Waals surface area contributed by atoms with Crippen molar-refractivity contribution in [1.82, 2.24) is 9.88 Å². The highest BCUT2D eigenvalue weighted by atomic mass is 32.2. The van der Waals surface area contributed by atoms with Crippen molar-refractivity contribution in [1.29, 1.82) is 0 Å². The number of nitrogens with one attached hydrogen (secondary N) is 1. The van der Waals surface area contributed by atoms with E-state index >= 15 is 0 Å². The number of para-hydroxylation sites is 1. The lowest BCUT2D eigenvalue weighted by Crippen LogP contribution is -2.48. The molecule has 0 aliphatic rings. The van der Waals surface area contributed by atoms with Gasteiger partial charge in [-0.3, -0.25) is 4.55 Å². The number of hydrogen-bond donors (Lipinski definition) is 4. The molecule has 4 rings (SSSR count). The number of aliphatic hydroxyl groups is 2. The molecule has 7 nitrogen and oxygen atoms in total. The number of hydrogen-bond acceptors (Lipinski definition) is 6. The van der Waals surface area contributed by atoms with E-state index in [0.717, 1.165) is 0 Å². The molecule has 162 valence electrons. The minimum absolute atomic E-state index is 0.0954. The number of aliphatic hydroxyl groups excluding tert-OH is 2. The third-order valence-electron chi connectivity index (χ3n) is 5.00. The molecule has 9 heteroatoms. The molecule has 0 bridgehead atoms. The van der Waals surface area contributed by atoms with Crippen LogP contribution in [0.4, 0.5) is 0 Å². The van der Waals surface area contributed by atoms with Crippen LogP contribution in [-0.2, 0) is 23.7 Å². The van der Waals surface area contributed by atoms with Crippen molar-refractivity contribution in [3.8, 4) is 0 Å². The Morgan fingerprint density at radius 1 is 1.07 bits per heavy atom. The molecule has 0 radical (unpaired) electrons. The summed E-state index contributed by atoms with van der Waals surface area (Å²) in [7, 11) is -1.55. The molecule has 4 aromatic rings. The molecule has 0 fully saturated rings. The molecular formula is C21H26N2O5S2. The number of thiophene rings is 1. The predicted octanol–water partition coefficient (Wildman–Crippen LogP) is 2.88. The van der Waals surface area contributed by atoms with E-state index < -0.39 is 15.7 Å². The summed E-state index contributed by atoms with van der Waals surface area (Å²) in [4.78, 5) is 1.20. The van der Waals surface area contributed by atoms with E-state index in [4.69, 9.17) is 4.55 Å². The minimum Gasteiger partial charge on any atom is -0.394 e. The Morgan fingerprint density at radius 2 is 1.70 bits per heavy atom. The highest BCUT2D eigenvalue weighted by molar-refractivity contribution is 7.85. The molecule has 0 unspecified atom stereocenters. The Hall–Kier alpha value is -2.01. The Morgan fingerprint density at radius 3 is 2.33 bits per heavy atom. The molecular weight excluding hydrogens is 424 g/mol. The zero-order chi connectivity index (χ0) is 22.1. The Bertz CT molecular complexity index is 1280. The Kier molecular flexibility index (Phi) is 6.51. The molecule has 0 saturated heterocycles. The van der Waals surface area contributed by atoms with Crippen LogP contribution in [0.2, 0.25) is 0 Å². The van der Waals surface area contributed by atoms with E-state index in [2.05, 4.69) is 59.4 Å². The SMILES string of the molecule is CS(=O)(=O)O.Cn1c2ccccc2c2ccc3sc(CNC(C)(CO)CO)cc3c21. The average Bonchev–Trinajstić information content (AvgIpc) is 3.24. The van der Waals surface area contributed by atoms with E-state index in [1.807, 2.05) is 6.92 Å². The number of benzene rings is 2. The van der Waals surface area contributed by atoms with Gasteiger partial charge in [0.1, 0.15) is 0 Å². The van der Waals surface area contributed by atoms with Crippen molar-refractivity contribution in [2.45, 2.75) is 19.0 Å². The normalized spacial score (nSPS) is 12.5. The van der Waals surface area contributed by atoms with Crippen LogP contribution >= 0.6 is 11.3 Å². The lowest BCUT2D eigenvalue weighted by molar-refractivity contribution is 0.103. The third kappa shape index (κ3) is 4.83. The second-order valence-corrected chi connectivity index (χ2v) is 10.3. The van der Waals surface area contributed by atoms with E-state index in [0.29, 0.717) is 12.8 Å². The van der Waals surface area contributed by atoms with Gasteiger partial charge in [-0.15, -0.1) is 11.3 Å². The zero-order valence-electron chi connectivity index (χ0n) is 17.1. The topological polar surface area (TPSA) is 112 Å². The van der Waals surface area contributed by atoms with Crippen molar-refractivity contribution in [2.24, 2.45) is 7.05 Å². The molecule has 0 atom stereocenters. The first kappa shape index (κ1) is 22.7. The quantitative estimate of drug-likeness (QED) is 0.348. The molecule has 0 amide bonds. The molecule has 0 spiro atoms. The molecule has 2 aromatic carbocycles. The van der Waals surface area contributed by atoms with Crippen molar-refractivity contribution >= 4 is 53.3 Å². The van der Waals surface area contributed by atoms with Crippen molar-refractivity contribution in [2.75, 3.05) is 19.5 Å². The van der Waals surface area contributed by atoms with Crippen molar-refractivity contribution < 1.29 is 23.2 Å². The van der Waals surface area contributed by atoms with Gasteiger partial charge in [0.25, 0.3) is 10.1 Å². The second kappa shape index (κ2) is 8.62. The summed E-state index contributed by atoms with van der Waals surface area (Å²) in [6.45, 7) is 2.26. The minimum atomic E-state index is -3.67. The largest absolute Gasteiger partial charge is 0.394 e. The first-order valence-corrected chi connectivity index (χ1v) is 12.0. The van der Waals surface area contributed by atoms with Crippen molar-refractivity contribution in [3.05, 3.63) is 47.3 Å². The molecule has 2 heterocycles. The predicted molar refractivity (Wildman–Crippen MR) is 123 cm³/mol. The summed E-state index contributed by atoms with van der Waals surface area (Å²) in [6, 6.07) is 15.1. The maximum Gasteiger partial charge on any atom is 0.261 e. The fourth-order valence-corrected chi connectivity index (χ4v) is 4.40. The van der Waals surface area contributed by atoms with Gasteiger partial charge in [-0.2, -0.15) is 8.42 Å². The van der Waals surface area contributed by atoms with Crippen LogP contribution in [0.1, 0.15) is 11.8 Å². The average molecular weight is 451 g/mol. The van der Waals surface area contributed by atoms with Gasteiger partial charge in [-0.05, 0) is 25.1 Å². The summed E-state index contributed by atoms with van der Waals surface area (Å²) in [6.07, 6.45) is 0.715. The molecule has 2 aromatic heterocycles. The summed E-state index contributed by atoms with van der Waals surface area (Å²) in [5.74, 6) is 0. The highest BCUT2D eigenvalue weighted by Crippen LogP contribution is 2.37. The van der Waals surface area contributed by atoms with E-state index in [1.54, 1.807) is 11.3 Å². The first-order chi connectivity index (χ1) is 14.1. The zero-order valence-corrected chi connectivity index (χ0v) is 18.7. The van der Waals surface area contributed by atoms with Crippen LogP contribution in [0, 0.1) is 0 Å². The lowest BCUT2D eigenvalue weighted by Gasteiger charge is -2.25. The van der Waals surface area contributed by atoms with Gasteiger partial charge in [0.05, 0.1) is 30.5 Å². The fraction of sp³-hybridized carbons (Fsp3) is 0.333. The first-order valence-electron chi connectivity index (χ1n) is 9.34. The molecule has 30 heavy (non-hydrogen) atoms. The Labute approximate surface area is 179 Å². The second-order valence-electron chi connectivity index (χ2n) is 7.63. The standard InChI is InChI=1S/C20H22N2O2S.CH4O3S/c1-20(11-23,12-24)21-10-13-9-16-18(25-13)8-7-15-14-5-3-4-6-17(14)22(2)19(15)16;1-5(2,3)4/h3-9,21,23-24H,10-12H2,1-2H3;1H3,(H,2,3,4).